The SMILES string of the molecule is CC(C)NC(=NCC(=O)N(C)C)N1CCC(CN2CCCC2)C1. The number of amides is 1. The number of nitrogens with zero attached hydrogens (tertiary/aromatic N) is 4. The second-order valence-electron chi connectivity index (χ2n) is 7.34. The Kier molecular flexibility index (Phi) is 6.69. The van der Waals surface area contributed by atoms with Gasteiger partial charge < -0.3 is 20.0 Å². The van der Waals surface area contributed by atoms with Gasteiger partial charge in [0.2, 0.25) is 5.91 Å². The number of nitrogens with one attached hydrogen (secondary N) is 1. The van der Waals surface area contributed by atoms with Crippen LogP contribution in [0.3, 0.4) is 0 Å². The first-order valence-corrected chi connectivity index (χ1v) is 8.94. The van der Waals surface area contributed by atoms with E-state index in [0.29, 0.717) is 6.04 Å². The number of carbonyl (C=O) groups excluding carboxylic acids is 1. The van der Waals surface area contributed by atoms with Crippen LogP contribution in [0.2, 0.25) is 0 Å². The first kappa shape index (κ1) is 18.0. The number of aliphatic imine (C=N–C) groups is 1. The van der Waals surface area contributed by atoms with Gasteiger partial charge in [0.15, 0.2) is 5.96 Å². The molecule has 2 aliphatic rings. The predicted octanol–water partition coefficient (Wildman–Crippen LogP) is 0.846. The van der Waals surface area contributed by atoms with Crippen LogP contribution in [0.4, 0.5) is 0 Å². The van der Waals surface area contributed by atoms with Crippen molar-refractivity contribution in [2.45, 2.75) is 39.2 Å². The minimum absolute atomic E-state index is 0.0425. The molecule has 23 heavy (non-hydrogen) atoms. The summed E-state index contributed by atoms with van der Waals surface area (Å²) in [6.45, 7) is 10.3. The zero-order valence-corrected chi connectivity index (χ0v) is 15.2. The topological polar surface area (TPSA) is 51.2 Å². The number of guanidine groups is 1. The van der Waals surface area contributed by atoms with Crippen molar-refractivity contribution in [1.82, 2.24) is 20.0 Å². The maximum atomic E-state index is 11.8. The van der Waals surface area contributed by atoms with E-state index in [0.717, 1.165) is 25.0 Å². The average molecular weight is 323 g/mol. The molecular formula is C17H33N5O. The lowest BCUT2D eigenvalue weighted by atomic mass is 10.1. The first-order chi connectivity index (χ1) is 11.0. The average Bonchev–Trinajstić information content (AvgIpc) is 3.14. The number of hydrogen-bond acceptors (Lipinski definition) is 3. The Morgan fingerprint density at radius 1 is 1.26 bits per heavy atom. The molecule has 1 atom stereocenters. The third-order valence-electron chi connectivity index (χ3n) is 4.58. The van der Waals surface area contributed by atoms with E-state index in [1.165, 1.54) is 38.9 Å². The van der Waals surface area contributed by atoms with E-state index in [2.05, 4.69) is 34.0 Å². The van der Waals surface area contributed by atoms with Crippen molar-refractivity contribution in [3.63, 3.8) is 0 Å². The molecule has 2 rings (SSSR count). The zero-order valence-electron chi connectivity index (χ0n) is 15.2. The van der Waals surface area contributed by atoms with Crippen molar-refractivity contribution in [3.8, 4) is 0 Å². The maximum absolute atomic E-state index is 11.8. The number of likely N-dealkylation sites (N-methyl/N-ethyl adjacent to an activating group) is 1. The Balaban J connectivity index is 1.90. The Morgan fingerprint density at radius 3 is 2.57 bits per heavy atom. The van der Waals surface area contributed by atoms with Crippen LogP contribution in [0.5, 0.6) is 0 Å². The molecule has 0 spiro atoms. The zero-order chi connectivity index (χ0) is 16.8. The highest BCUT2D eigenvalue weighted by Crippen LogP contribution is 2.20. The van der Waals surface area contributed by atoms with Crippen molar-refractivity contribution < 1.29 is 4.79 Å². The summed E-state index contributed by atoms with van der Waals surface area (Å²) in [5, 5.41) is 3.42. The monoisotopic (exact) mass is 323 g/mol. The first-order valence-electron chi connectivity index (χ1n) is 8.94. The molecule has 6 nitrogen and oxygen atoms in total. The Labute approximate surface area is 140 Å². The fourth-order valence-electron chi connectivity index (χ4n) is 3.28. The molecule has 6 heteroatoms. The number of rotatable bonds is 5. The van der Waals surface area contributed by atoms with Crippen LogP contribution in [0.25, 0.3) is 0 Å². The van der Waals surface area contributed by atoms with E-state index in [-0.39, 0.29) is 12.5 Å². The van der Waals surface area contributed by atoms with Gasteiger partial charge >= 0.3 is 0 Å². The van der Waals surface area contributed by atoms with Crippen molar-refractivity contribution >= 4 is 11.9 Å². The van der Waals surface area contributed by atoms with Crippen molar-refractivity contribution in [2.24, 2.45) is 10.9 Å². The predicted molar refractivity (Wildman–Crippen MR) is 94.6 cm³/mol. The van der Waals surface area contributed by atoms with Gasteiger partial charge in [0.1, 0.15) is 6.54 Å². The highest BCUT2D eigenvalue weighted by atomic mass is 16.2. The van der Waals surface area contributed by atoms with Gasteiger partial charge in [0.25, 0.3) is 0 Å². The molecule has 2 heterocycles. The summed E-state index contributed by atoms with van der Waals surface area (Å²) < 4.78 is 0. The number of hydrogen-bond donors (Lipinski definition) is 1. The van der Waals surface area contributed by atoms with E-state index in [1.54, 1.807) is 19.0 Å². The van der Waals surface area contributed by atoms with E-state index < -0.39 is 0 Å². The summed E-state index contributed by atoms with van der Waals surface area (Å²) in [7, 11) is 3.55. The molecule has 0 aromatic rings. The second-order valence-corrected chi connectivity index (χ2v) is 7.34. The van der Waals surface area contributed by atoms with Gasteiger partial charge in [-0.3, -0.25) is 4.79 Å². The molecule has 0 aromatic heterocycles. The summed E-state index contributed by atoms with van der Waals surface area (Å²) in [4.78, 5) is 22.9. The highest BCUT2D eigenvalue weighted by Gasteiger charge is 2.27. The van der Waals surface area contributed by atoms with Crippen LogP contribution < -0.4 is 5.32 Å². The van der Waals surface area contributed by atoms with Crippen LogP contribution in [0.15, 0.2) is 4.99 Å². The summed E-state index contributed by atoms with van der Waals surface area (Å²) in [6.07, 6.45) is 3.92. The largest absolute Gasteiger partial charge is 0.354 e. The molecule has 1 amide bonds. The van der Waals surface area contributed by atoms with Gasteiger partial charge in [-0.25, -0.2) is 4.99 Å². The molecule has 0 aromatic carbocycles. The highest BCUT2D eigenvalue weighted by molar-refractivity contribution is 5.85. The Morgan fingerprint density at radius 2 is 1.96 bits per heavy atom. The molecule has 0 saturated carbocycles. The lowest BCUT2D eigenvalue weighted by Gasteiger charge is -2.25. The van der Waals surface area contributed by atoms with Crippen LogP contribution in [-0.2, 0) is 4.79 Å². The molecule has 2 aliphatic heterocycles. The fraction of sp³-hybridized carbons (Fsp3) is 0.882. The summed E-state index contributed by atoms with van der Waals surface area (Å²) in [5.41, 5.74) is 0. The summed E-state index contributed by atoms with van der Waals surface area (Å²) in [6, 6.07) is 0.320. The van der Waals surface area contributed by atoms with E-state index in [1.807, 2.05) is 0 Å². The third-order valence-corrected chi connectivity index (χ3v) is 4.58. The second kappa shape index (κ2) is 8.52. The van der Waals surface area contributed by atoms with Gasteiger partial charge in [-0.05, 0) is 52.1 Å². The van der Waals surface area contributed by atoms with E-state index in [9.17, 15) is 4.79 Å². The normalized spacial score (nSPS) is 22.9. The smallest absolute Gasteiger partial charge is 0.243 e. The molecule has 1 N–H and O–H groups in total. The quantitative estimate of drug-likeness (QED) is 0.602. The molecule has 132 valence electrons. The molecule has 2 fully saturated rings. The lowest BCUT2D eigenvalue weighted by Crippen LogP contribution is -2.44. The molecule has 0 aliphatic carbocycles. The van der Waals surface area contributed by atoms with Crippen molar-refractivity contribution in [3.05, 3.63) is 0 Å². The molecule has 0 bridgehead atoms. The van der Waals surface area contributed by atoms with Crippen molar-refractivity contribution in [2.75, 3.05) is 53.4 Å². The van der Waals surface area contributed by atoms with Gasteiger partial charge in [0, 0.05) is 39.8 Å². The van der Waals surface area contributed by atoms with Crippen molar-refractivity contribution in [1.29, 1.82) is 0 Å². The Hall–Kier alpha value is -1.30. The third kappa shape index (κ3) is 5.68. The van der Waals surface area contributed by atoms with Crippen LogP contribution in [0.1, 0.15) is 33.1 Å². The van der Waals surface area contributed by atoms with E-state index in [4.69, 9.17) is 0 Å². The molecule has 1 unspecified atom stereocenters. The van der Waals surface area contributed by atoms with Gasteiger partial charge in [-0.15, -0.1) is 0 Å². The van der Waals surface area contributed by atoms with Crippen LogP contribution in [-0.4, -0.2) is 86.0 Å². The fourth-order valence-corrected chi connectivity index (χ4v) is 3.28. The lowest BCUT2D eigenvalue weighted by molar-refractivity contribution is -0.127. The van der Waals surface area contributed by atoms with Crippen LogP contribution >= 0.6 is 0 Å². The molecule has 0 radical (unpaired) electrons. The number of likely N-dealkylation sites (tertiary alicyclic amines) is 2. The van der Waals surface area contributed by atoms with E-state index >= 15 is 0 Å². The van der Waals surface area contributed by atoms with Crippen LogP contribution in [0, 0.1) is 5.92 Å². The standard InChI is InChI=1S/C17H33N5O/c1-14(2)19-17(18-11-16(23)20(3)4)22-10-7-15(13-22)12-21-8-5-6-9-21/h14-15H,5-13H2,1-4H3,(H,18,19). The van der Waals surface area contributed by atoms with Gasteiger partial charge in [-0.2, -0.15) is 0 Å². The summed E-state index contributed by atoms with van der Waals surface area (Å²) >= 11 is 0. The number of carbonyl (C=O) groups is 1. The van der Waals surface area contributed by atoms with Gasteiger partial charge in [0.05, 0.1) is 0 Å². The Bertz CT molecular complexity index is 415. The molecular weight excluding hydrogens is 290 g/mol. The van der Waals surface area contributed by atoms with Gasteiger partial charge in [-0.1, -0.05) is 0 Å². The summed E-state index contributed by atoms with van der Waals surface area (Å²) in [5.74, 6) is 1.65. The minimum atomic E-state index is 0.0425. The maximum Gasteiger partial charge on any atom is 0.243 e. The molecule has 2 saturated heterocycles. The minimum Gasteiger partial charge on any atom is -0.354 e.